The smallest absolute Gasteiger partial charge is 0.244 e. The van der Waals surface area contributed by atoms with Crippen molar-refractivity contribution in [3.63, 3.8) is 0 Å². The third-order valence-electron chi connectivity index (χ3n) is 3.52. The minimum atomic E-state index is -0.167. The number of imidazole rings is 1. The van der Waals surface area contributed by atoms with E-state index in [4.69, 9.17) is 9.47 Å². The molecule has 23 heavy (non-hydrogen) atoms. The van der Waals surface area contributed by atoms with Gasteiger partial charge in [0.25, 0.3) is 0 Å². The van der Waals surface area contributed by atoms with Crippen molar-refractivity contribution in [1.82, 2.24) is 9.55 Å². The second kappa shape index (κ2) is 6.39. The molecule has 1 N–H and O–H groups in total. The van der Waals surface area contributed by atoms with Gasteiger partial charge >= 0.3 is 0 Å². The third kappa shape index (κ3) is 3.11. The zero-order valence-electron chi connectivity index (χ0n) is 12.9. The Labute approximate surface area is 133 Å². The normalized spacial score (nSPS) is 10.5. The van der Waals surface area contributed by atoms with Crippen LogP contribution >= 0.6 is 0 Å². The summed E-state index contributed by atoms with van der Waals surface area (Å²) in [6, 6.07) is 12.9. The van der Waals surface area contributed by atoms with Gasteiger partial charge in [-0.1, -0.05) is 12.1 Å². The first-order chi connectivity index (χ1) is 11.2. The number of anilines is 1. The summed E-state index contributed by atoms with van der Waals surface area (Å²) < 4.78 is 12.2. The maximum Gasteiger partial charge on any atom is 0.244 e. The molecule has 0 unspecified atom stereocenters. The Bertz CT molecular complexity index is 842. The highest BCUT2D eigenvalue weighted by molar-refractivity contribution is 5.93. The van der Waals surface area contributed by atoms with E-state index in [1.807, 2.05) is 24.3 Å². The summed E-state index contributed by atoms with van der Waals surface area (Å²) in [5.74, 6) is 1.06. The third-order valence-corrected chi connectivity index (χ3v) is 3.52. The van der Waals surface area contributed by atoms with Crippen LogP contribution in [0.5, 0.6) is 11.5 Å². The number of amides is 1. The van der Waals surface area contributed by atoms with Crippen LogP contribution in [0.25, 0.3) is 11.0 Å². The van der Waals surface area contributed by atoms with Crippen LogP contribution in [0.2, 0.25) is 0 Å². The Morgan fingerprint density at radius 1 is 1.17 bits per heavy atom. The van der Waals surface area contributed by atoms with Crippen LogP contribution in [0.1, 0.15) is 0 Å². The van der Waals surface area contributed by atoms with Gasteiger partial charge < -0.3 is 19.4 Å². The van der Waals surface area contributed by atoms with Gasteiger partial charge in [-0.2, -0.15) is 0 Å². The number of nitrogens with zero attached hydrogens (tertiary/aromatic N) is 2. The van der Waals surface area contributed by atoms with Crippen LogP contribution in [-0.4, -0.2) is 29.7 Å². The molecule has 0 aliphatic carbocycles. The van der Waals surface area contributed by atoms with Gasteiger partial charge in [-0.05, 0) is 24.3 Å². The van der Waals surface area contributed by atoms with Crippen molar-refractivity contribution in [2.24, 2.45) is 0 Å². The maximum atomic E-state index is 12.3. The predicted octanol–water partition coefficient (Wildman–Crippen LogP) is 2.69. The average molecular weight is 311 g/mol. The van der Waals surface area contributed by atoms with Crippen molar-refractivity contribution >= 4 is 22.6 Å². The number of nitrogens with one attached hydrogen (secondary N) is 1. The van der Waals surface area contributed by atoms with Crippen LogP contribution in [-0.2, 0) is 11.3 Å². The van der Waals surface area contributed by atoms with Crippen LogP contribution < -0.4 is 14.8 Å². The zero-order chi connectivity index (χ0) is 16.2. The highest BCUT2D eigenvalue weighted by Gasteiger charge is 2.11. The topological polar surface area (TPSA) is 65.4 Å². The number of rotatable bonds is 5. The van der Waals surface area contributed by atoms with Gasteiger partial charge in [0.2, 0.25) is 5.91 Å². The molecule has 2 aromatic carbocycles. The molecule has 1 aromatic heterocycles. The number of para-hydroxylation sites is 2. The fourth-order valence-corrected chi connectivity index (χ4v) is 2.39. The standard InChI is InChI=1S/C17H17N3O3/c1-22-12-7-8-16(23-2)14(9-12)19-17(21)10-20-11-18-13-5-3-4-6-15(13)20/h3-9,11H,10H2,1-2H3,(H,19,21). The van der Waals surface area contributed by atoms with Gasteiger partial charge in [-0.25, -0.2) is 4.98 Å². The summed E-state index contributed by atoms with van der Waals surface area (Å²) in [5, 5.41) is 2.85. The molecular weight excluding hydrogens is 294 g/mol. The van der Waals surface area contributed by atoms with Gasteiger partial charge in [0.1, 0.15) is 18.0 Å². The van der Waals surface area contributed by atoms with E-state index in [0.717, 1.165) is 11.0 Å². The molecule has 0 spiro atoms. The van der Waals surface area contributed by atoms with Gasteiger partial charge in [0.15, 0.2) is 0 Å². The van der Waals surface area contributed by atoms with Crippen molar-refractivity contribution in [2.45, 2.75) is 6.54 Å². The summed E-state index contributed by atoms with van der Waals surface area (Å²) in [4.78, 5) is 16.6. The van der Waals surface area contributed by atoms with E-state index in [1.165, 1.54) is 0 Å². The second-order valence-electron chi connectivity index (χ2n) is 4.98. The number of hydrogen-bond donors (Lipinski definition) is 1. The molecule has 3 rings (SSSR count). The first kappa shape index (κ1) is 14.9. The Kier molecular flexibility index (Phi) is 4.14. The quantitative estimate of drug-likeness (QED) is 0.787. The molecule has 0 bridgehead atoms. The SMILES string of the molecule is COc1ccc(OC)c(NC(=O)Cn2cnc3ccccc32)c1. The first-order valence-electron chi connectivity index (χ1n) is 7.13. The van der Waals surface area contributed by atoms with E-state index < -0.39 is 0 Å². The van der Waals surface area contributed by atoms with Crippen LogP contribution in [0.3, 0.4) is 0 Å². The monoisotopic (exact) mass is 311 g/mol. The van der Waals surface area contributed by atoms with E-state index in [9.17, 15) is 4.79 Å². The molecular formula is C17H17N3O3. The molecule has 118 valence electrons. The Balaban J connectivity index is 1.79. The lowest BCUT2D eigenvalue weighted by molar-refractivity contribution is -0.116. The Morgan fingerprint density at radius 3 is 2.78 bits per heavy atom. The number of hydrogen-bond acceptors (Lipinski definition) is 4. The number of benzene rings is 2. The van der Waals surface area contributed by atoms with Gasteiger partial charge in [0, 0.05) is 6.07 Å². The summed E-state index contributed by atoms with van der Waals surface area (Å²) in [7, 11) is 3.13. The summed E-state index contributed by atoms with van der Waals surface area (Å²) in [6.45, 7) is 0.168. The number of methoxy groups -OCH3 is 2. The first-order valence-corrected chi connectivity index (χ1v) is 7.13. The minimum Gasteiger partial charge on any atom is -0.497 e. The number of fused-ring (bicyclic) bond motifs is 1. The van der Waals surface area contributed by atoms with Crippen molar-refractivity contribution in [1.29, 1.82) is 0 Å². The summed E-state index contributed by atoms with van der Waals surface area (Å²) >= 11 is 0. The molecule has 0 aliphatic heterocycles. The molecule has 0 saturated heterocycles. The lowest BCUT2D eigenvalue weighted by atomic mass is 10.2. The fraction of sp³-hybridized carbons (Fsp3) is 0.176. The van der Waals surface area contributed by atoms with Crippen molar-refractivity contribution in [3.05, 3.63) is 48.8 Å². The molecule has 3 aromatic rings. The van der Waals surface area contributed by atoms with Crippen molar-refractivity contribution in [3.8, 4) is 11.5 Å². The number of carbonyl (C=O) groups is 1. The number of carbonyl (C=O) groups excluding carboxylic acids is 1. The summed E-state index contributed by atoms with van der Waals surface area (Å²) in [5.41, 5.74) is 2.35. The largest absolute Gasteiger partial charge is 0.497 e. The van der Waals surface area contributed by atoms with E-state index in [1.54, 1.807) is 43.3 Å². The Morgan fingerprint density at radius 2 is 2.00 bits per heavy atom. The molecule has 0 fully saturated rings. The van der Waals surface area contributed by atoms with E-state index in [-0.39, 0.29) is 12.5 Å². The van der Waals surface area contributed by atoms with Crippen LogP contribution in [0.4, 0.5) is 5.69 Å². The number of aromatic nitrogens is 2. The van der Waals surface area contributed by atoms with Gasteiger partial charge in [-0.3, -0.25) is 4.79 Å². The lowest BCUT2D eigenvalue weighted by Gasteiger charge is -2.12. The number of ether oxygens (including phenoxy) is 2. The molecule has 6 nitrogen and oxygen atoms in total. The van der Waals surface area contributed by atoms with Gasteiger partial charge in [0.05, 0.1) is 37.3 Å². The summed E-state index contributed by atoms with van der Waals surface area (Å²) in [6.07, 6.45) is 1.66. The molecule has 6 heteroatoms. The minimum absolute atomic E-state index is 0.167. The van der Waals surface area contributed by atoms with Crippen LogP contribution in [0.15, 0.2) is 48.8 Å². The molecule has 1 amide bonds. The lowest BCUT2D eigenvalue weighted by Crippen LogP contribution is -2.18. The molecule has 1 heterocycles. The molecule has 0 atom stereocenters. The van der Waals surface area contributed by atoms with E-state index in [0.29, 0.717) is 17.2 Å². The molecule has 0 saturated carbocycles. The maximum absolute atomic E-state index is 12.3. The molecule has 0 aliphatic rings. The highest BCUT2D eigenvalue weighted by atomic mass is 16.5. The fourth-order valence-electron chi connectivity index (χ4n) is 2.39. The van der Waals surface area contributed by atoms with Crippen molar-refractivity contribution in [2.75, 3.05) is 19.5 Å². The van der Waals surface area contributed by atoms with E-state index in [2.05, 4.69) is 10.3 Å². The van der Waals surface area contributed by atoms with E-state index >= 15 is 0 Å². The second-order valence-corrected chi connectivity index (χ2v) is 4.98. The zero-order valence-corrected chi connectivity index (χ0v) is 12.9. The highest BCUT2D eigenvalue weighted by Crippen LogP contribution is 2.28. The predicted molar refractivity (Wildman–Crippen MR) is 87.9 cm³/mol. The van der Waals surface area contributed by atoms with Crippen LogP contribution in [0, 0.1) is 0 Å². The van der Waals surface area contributed by atoms with Gasteiger partial charge in [-0.15, -0.1) is 0 Å². The van der Waals surface area contributed by atoms with Crippen molar-refractivity contribution < 1.29 is 14.3 Å². The molecule has 0 radical (unpaired) electrons. The average Bonchev–Trinajstić information content (AvgIpc) is 2.98. The Hall–Kier alpha value is -3.02.